The summed E-state index contributed by atoms with van der Waals surface area (Å²) in [7, 11) is 0. The standard InChI is InChI=1S/C51H41N/c1-40-20-22-42(23-21-40)28-30-44-32-36-49(37-33-44)52(48-17-9-4-10-18-48)50-38-34-45(35-39-50)31-29-43-26-24-41(25-27-43)12-11-19-51(46-13-5-2-6-14-46)47-15-7-3-8-16-47/h2-39H,1H3. The van der Waals surface area contributed by atoms with Gasteiger partial charge in [0.05, 0.1) is 0 Å². The quantitative estimate of drug-likeness (QED) is 0.0980. The lowest BCUT2D eigenvalue weighted by Crippen LogP contribution is -2.09. The van der Waals surface area contributed by atoms with E-state index in [9.17, 15) is 0 Å². The molecule has 0 heterocycles. The zero-order valence-electron chi connectivity index (χ0n) is 29.4. The average molecular weight is 668 g/mol. The summed E-state index contributed by atoms with van der Waals surface area (Å²) in [5.74, 6) is 0. The van der Waals surface area contributed by atoms with Crippen LogP contribution in [0.1, 0.15) is 44.5 Å². The second-order valence-corrected chi connectivity index (χ2v) is 12.8. The number of hydrogen-bond acceptors (Lipinski definition) is 1. The lowest BCUT2D eigenvalue weighted by Gasteiger charge is -2.25. The Morgan fingerprint density at radius 2 is 0.673 bits per heavy atom. The molecular formula is C51H41N. The van der Waals surface area contributed by atoms with Crippen LogP contribution in [-0.4, -0.2) is 0 Å². The van der Waals surface area contributed by atoms with Gasteiger partial charge in [0.25, 0.3) is 0 Å². The Hall–Kier alpha value is -6.70. The number of anilines is 3. The summed E-state index contributed by atoms with van der Waals surface area (Å²) < 4.78 is 0. The predicted molar refractivity (Wildman–Crippen MR) is 226 cm³/mol. The first-order chi connectivity index (χ1) is 25.7. The van der Waals surface area contributed by atoms with Crippen molar-refractivity contribution < 1.29 is 0 Å². The van der Waals surface area contributed by atoms with Crippen LogP contribution in [0.5, 0.6) is 0 Å². The fourth-order valence-electron chi connectivity index (χ4n) is 6.12. The van der Waals surface area contributed by atoms with E-state index in [4.69, 9.17) is 0 Å². The van der Waals surface area contributed by atoms with Gasteiger partial charge in [-0.2, -0.15) is 0 Å². The first-order valence-corrected chi connectivity index (χ1v) is 17.8. The van der Waals surface area contributed by atoms with E-state index < -0.39 is 0 Å². The van der Waals surface area contributed by atoms with E-state index in [1.165, 1.54) is 33.4 Å². The molecule has 0 N–H and O–H groups in total. The number of allylic oxidation sites excluding steroid dienone is 2. The van der Waals surface area contributed by atoms with Crippen LogP contribution in [0, 0.1) is 6.92 Å². The number of benzene rings is 7. The topological polar surface area (TPSA) is 3.24 Å². The van der Waals surface area contributed by atoms with Gasteiger partial charge in [-0.05, 0) is 87.8 Å². The van der Waals surface area contributed by atoms with E-state index in [0.29, 0.717) is 0 Å². The van der Waals surface area contributed by atoms with Crippen LogP contribution >= 0.6 is 0 Å². The summed E-state index contributed by atoms with van der Waals surface area (Å²) in [6, 6.07) is 66.4. The van der Waals surface area contributed by atoms with Gasteiger partial charge >= 0.3 is 0 Å². The van der Waals surface area contributed by atoms with Crippen LogP contribution in [0.2, 0.25) is 0 Å². The summed E-state index contributed by atoms with van der Waals surface area (Å²) >= 11 is 0. The van der Waals surface area contributed by atoms with Gasteiger partial charge in [0.2, 0.25) is 0 Å². The zero-order chi connectivity index (χ0) is 35.4. The molecular weight excluding hydrogens is 627 g/mol. The Labute approximate surface area is 308 Å². The molecule has 0 saturated heterocycles. The maximum atomic E-state index is 2.30. The molecule has 0 aliphatic heterocycles. The highest BCUT2D eigenvalue weighted by molar-refractivity contribution is 5.82. The van der Waals surface area contributed by atoms with Gasteiger partial charge in [-0.25, -0.2) is 0 Å². The van der Waals surface area contributed by atoms with E-state index in [2.05, 4.69) is 242 Å². The van der Waals surface area contributed by atoms with Gasteiger partial charge in [-0.3, -0.25) is 0 Å². The molecule has 0 radical (unpaired) electrons. The monoisotopic (exact) mass is 667 g/mol. The molecule has 0 aromatic heterocycles. The summed E-state index contributed by atoms with van der Waals surface area (Å²) in [4.78, 5) is 2.30. The maximum Gasteiger partial charge on any atom is 0.0462 e. The van der Waals surface area contributed by atoms with Gasteiger partial charge in [0, 0.05) is 17.1 Å². The normalized spacial score (nSPS) is 11.3. The highest BCUT2D eigenvalue weighted by Gasteiger charge is 2.12. The Morgan fingerprint density at radius 1 is 0.346 bits per heavy atom. The fraction of sp³-hybridized carbons (Fsp3) is 0.0196. The molecule has 52 heavy (non-hydrogen) atoms. The van der Waals surface area contributed by atoms with Gasteiger partial charge in [0.15, 0.2) is 0 Å². The summed E-state index contributed by atoms with van der Waals surface area (Å²) in [5.41, 5.74) is 14.1. The summed E-state index contributed by atoms with van der Waals surface area (Å²) in [6.07, 6.45) is 15.2. The van der Waals surface area contributed by atoms with Gasteiger partial charge in [-0.1, -0.05) is 200 Å². The maximum absolute atomic E-state index is 2.30. The van der Waals surface area contributed by atoms with Crippen molar-refractivity contribution in [2.24, 2.45) is 0 Å². The van der Waals surface area contributed by atoms with E-state index >= 15 is 0 Å². The van der Waals surface area contributed by atoms with Gasteiger partial charge in [-0.15, -0.1) is 0 Å². The van der Waals surface area contributed by atoms with Crippen LogP contribution in [0.25, 0.3) is 36.0 Å². The molecule has 0 spiro atoms. The molecule has 0 fully saturated rings. The smallest absolute Gasteiger partial charge is 0.0462 e. The summed E-state index contributed by atoms with van der Waals surface area (Å²) in [5, 5.41) is 0. The molecule has 1 nitrogen and oxygen atoms in total. The van der Waals surface area contributed by atoms with E-state index in [-0.39, 0.29) is 0 Å². The minimum atomic E-state index is 1.11. The molecule has 7 rings (SSSR count). The largest absolute Gasteiger partial charge is 0.311 e. The first-order valence-electron chi connectivity index (χ1n) is 17.8. The molecule has 7 aromatic rings. The Bertz CT molecular complexity index is 2230. The van der Waals surface area contributed by atoms with Crippen molar-refractivity contribution in [2.45, 2.75) is 6.92 Å². The number of hydrogen-bond donors (Lipinski definition) is 0. The predicted octanol–water partition coefficient (Wildman–Crippen LogP) is 14.0. The minimum absolute atomic E-state index is 1.11. The molecule has 0 aliphatic carbocycles. The molecule has 250 valence electrons. The second kappa shape index (κ2) is 16.8. The van der Waals surface area contributed by atoms with E-state index in [1.807, 2.05) is 0 Å². The second-order valence-electron chi connectivity index (χ2n) is 12.8. The lowest BCUT2D eigenvalue weighted by molar-refractivity contribution is 1.28. The van der Waals surface area contributed by atoms with Crippen LogP contribution < -0.4 is 4.90 Å². The fourth-order valence-corrected chi connectivity index (χ4v) is 6.12. The van der Waals surface area contributed by atoms with Crippen molar-refractivity contribution >= 4 is 53.0 Å². The lowest BCUT2D eigenvalue weighted by atomic mass is 9.97. The number of aryl methyl sites for hydroxylation is 1. The van der Waals surface area contributed by atoms with Crippen LogP contribution in [0.4, 0.5) is 17.1 Å². The van der Waals surface area contributed by atoms with Crippen LogP contribution in [0.15, 0.2) is 200 Å². The number of rotatable bonds is 11. The van der Waals surface area contributed by atoms with Crippen molar-refractivity contribution in [2.75, 3.05) is 4.90 Å². The van der Waals surface area contributed by atoms with Gasteiger partial charge < -0.3 is 4.90 Å². The number of para-hydroxylation sites is 1. The molecule has 7 aromatic carbocycles. The molecule has 0 unspecified atom stereocenters. The molecule has 0 bridgehead atoms. The molecule has 0 saturated carbocycles. The third-order valence-electron chi connectivity index (χ3n) is 8.99. The minimum Gasteiger partial charge on any atom is -0.311 e. The summed E-state index contributed by atoms with van der Waals surface area (Å²) in [6.45, 7) is 2.11. The Kier molecular flexibility index (Phi) is 10.9. The highest BCUT2D eigenvalue weighted by atomic mass is 15.1. The SMILES string of the molecule is Cc1ccc(C=Cc2ccc(N(c3ccccc3)c3ccc(C=Cc4ccc(C=CC=C(c5ccccc5)c5ccccc5)cc4)cc3)cc2)cc1. The third kappa shape index (κ3) is 8.90. The van der Waals surface area contributed by atoms with Crippen molar-refractivity contribution in [3.63, 3.8) is 0 Å². The first kappa shape index (κ1) is 33.8. The van der Waals surface area contributed by atoms with Crippen molar-refractivity contribution in [3.05, 3.63) is 245 Å². The third-order valence-corrected chi connectivity index (χ3v) is 8.99. The van der Waals surface area contributed by atoms with E-state index in [1.54, 1.807) is 0 Å². The Balaban J connectivity index is 1.03. The number of nitrogens with zero attached hydrogens (tertiary/aromatic N) is 1. The highest BCUT2D eigenvalue weighted by Crippen LogP contribution is 2.35. The molecule has 0 atom stereocenters. The Morgan fingerprint density at radius 3 is 1.10 bits per heavy atom. The van der Waals surface area contributed by atoms with Crippen molar-refractivity contribution in [1.82, 2.24) is 0 Å². The molecule has 1 heteroatoms. The van der Waals surface area contributed by atoms with Gasteiger partial charge in [0.1, 0.15) is 0 Å². The van der Waals surface area contributed by atoms with Crippen LogP contribution in [-0.2, 0) is 0 Å². The zero-order valence-corrected chi connectivity index (χ0v) is 29.4. The average Bonchev–Trinajstić information content (AvgIpc) is 3.21. The molecule has 0 amide bonds. The van der Waals surface area contributed by atoms with Crippen molar-refractivity contribution in [3.8, 4) is 0 Å². The van der Waals surface area contributed by atoms with Crippen LogP contribution in [0.3, 0.4) is 0 Å². The molecule has 0 aliphatic rings. The van der Waals surface area contributed by atoms with Crippen molar-refractivity contribution in [1.29, 1.82) is 0 Å². The van der Waals surface area contributed by atoms with E-state index in [0.717, 1.165) is 33.8 Å².